The van der Waals surface area contributed by atoms with Crippen LogP contribution in [0.2, 0.25) is 0 Å². The molecule has 0 atom stereocenters. The van der Waals surface area contributed by atoms with Gasteiger partial charge < -0.3 is 4.52 Å². The molecule has 5 nitrogen and oxygen atoms in total. The van der Waals surface area contributed by atoms with Gasteiger partial charge in [0.05, 0.1) is 11.1 Å². The summed E-state index contributed by atoms with van der Waals surface area (Å²) in [6.45, 7) is 0.734. The highest BCUT2D eigenvalue weighted by molar-refractivity contribution is 9.10. The first-order valence-electron chi connectivity index (χ1n) is 5.75. The number of halogens is 1. The molecule has 2 aromatic rings. The summed E-state index contributed by atoms with van der Waals surface area (Å²) in [5.41, 5.74) is 0.840. The Balaban J connectivity index is 1.92. The molecule has 100 valence electrons. The summed E-state index contributed by atoms with van der Waals surface area (Å²) < 4.78 is 32.3. The third-order valence-corrected chi connectivity index (χ3v) is 5.50. The summed E-state index contributed by atoms with van der Waals surface area (Å²) >= 11 is 3.30. The van der Waals surface area contributed by atoms with E-state index in [1.807, 2.05) is 0 Å². The minimum Gasteiger partial charge on any atom is -0.361 e. The zero-order valence-corrected chi connectivity index (χ0v) is 12.3. The van der Waals surface area contributed by atoms with Crippen LogP contribution in [0.25, 0.3) is 0 Å². The molecule has 1 aromatic carbocycles. The second-order valence-corrected chi connectivity index (χ2v) is 7.17. The molecule has 0 amide bonds. The predicted molar refractivity (Wildman–Crippen MR) is 71.9 cm³/mol. The van der Waals surface area contributed by atoms with E-state index in [0.717, 1.165) is 15.8 Å². The Hall–Kier alpha value is -1.18. The first kappa shape index (κ1) is 12.8. The van der Waals surface area contributed by atoms with Crippen molar-refractivity contribution in [3.63, 3.8) is 0 Å². The van der Waals surface area contributed by atoms with Gasteiger partial charge in [0.1, 0.15) is 5.76 Å². The minimum absolute atomic E-state index is 0.301. The molecule has 0 radical (unpaired) electrons. The Morgan fingerprint density at radius 1 is 1.26 bits per heavy atom. The third-order valence-electron chi connectivity index (χ3n) is 3.12. The van der Waals surface area contributed by atoms with Crippen molar-refractivity contribution in [1.82, 2.24) is 9.46 Å². The fourth-order valence-electron chi connectivity index (χ4n) is 2.08. The molecule has 0 N–H and O–H groups in total. The van der Waals surface area contributed by atoms with Gasteiger partial charge in [0.2, 0.25) is 10.0 Å². The van der Waals surface area contributed by atoms with Crippen LogP contribution in [0, 0.1) is 0 Å². The maximum absolute atomic E-state index is 12.5. The maximum atomic E-state index is 12.5. The lowest BCUT2D eigenvalue weighted by atomic mass is 10.1. The van der Waals surface area contributed by atoms with Crippen LogP contribution in [-0.2, 0) is 23.0 Å². The Morgan fingerprint density at radius 2 is 2.00 bits per heavy atom. The van der Waals surface area contributed by atoms with E-state index in [4.69, 9.17) is 4.52 Å². The van der Waals surface area contributed by atoms with Crippen molar-refractivity contribution < 1.29 is 12.9 Å². The van der Waals surface area contributed by atoms with Gasteiger partial charge in [-0.05, 0) is 24.3 Å². The second kappa shape index (κ2) is 4.73. The van der Waals surface area contributed by atoms with E-state index < -0.39 is 10.0 Å². The number of aromatic nitrogens is 1. The van der Waals surface area contributed by atoms with Crippen molar-refractivity contribution >= 4 is 26.0 Å². The average Bonchev–Trinajstić information content (AvgIpc) is 2.86. The van der Waals surface area contributed by atoms with Crippen LogP contribution >= 0.6 is 15.9 Å². The largest absolute Gasteiger partial charge is 0.361 e. The SMILES string of the molecule is O=S(=O)(c1ccc(Br)cc1)N1CCc2oncc2C1. The summed E-state index contributed by atoms with van der Waals surface area (Å²) in [5, 5.41) is 3.70. The summed E-state index contributed by atoms with van der Waals surface area (Å²) in [4.78, 5) is 0.301. The van der Waals surface area contributed by atoms with Crippen LogP contribution in [0.4, 0.5) is 0 Å². The lowest BCUT2D eigenvalue weighted by Crippen LogP contribution is -2.35. The van der Waals surface area contributed by atoms with Crippen LogP contribution in [-0.4, -0.2) is 24.4 Å². The van der Waals surface area contributed by atoms with Gasteiger partial charge in [-0.3, -0.25) is 0 Å². The van der Waals surface area contributed by atoms with Gasteiger partial charge in [-0.2, -0.15) is 4.31 Å². The minimum atomic E-state index is -3.46. The van der Waals surface area contributed by atoms with Crippen LogP contribution in [0.3, 0.4) is 0 Å². The Morgan fingerprint density at radius 3 is 2.74 bits per heavy atom. The Kier molecular flexibility index (Phi) is 3.20. The van der Waals surface area contributed by atoms with E-state index >= 15 is 0 Å². The number of nitrogens with zero attached hydrogens (tertiary/aromatic N) is 2. The first-order valence-corrected chi connectivity index (χ1v) is 7.99. The molecular weight excluding hydrogens is 332 g/mol. The second-order valence-electron chi connectivity index (χ2n) is 4.32. The van der Waals surface area contributed by atoms with E-state index in [-0.39, 0.29) is 0 Å². The van der Waals surface area contributed by atoms with Crippen LogP contribution in [0.5, 0.6) is 0 Å². The molecule has 1 aromatic heterocycles. The molecule has 0 spiro atoms. The molecule has 0 saturated heterocycles. The standard InChI is InChI=1S/C12H11BrN2O3S/c13-10-1-3-11(4-2-10)19(16,17)15-6-5-12-9(8-15)7-14-18-12/h1-4,7H,5-6,8H2. The normalized spacial score (nSPS) is 16.3. The van der Waals surface area contributed by atoms with Crippen LogP contribution < -0.4 is 0 Å². The number of hydrogen-bond donors (Lipinski definition) is 0. The molecule has 7 heteroatoms. The number of hydrogen-bond acceptors (Lipinski definition) is 4. The van der Waals surface area contributed by atoms with Crippen molar-refractivity contribution in [2.75, 3.05) is 6.54 Å². The van der Waals surface area contributed by atoms with E-state index in [1.54, 1.807) is 30.5 Å². The molecule has 0 saturated carbocycles. The van der Waals surface area contributed by atoms with E-state index in [0.29, 0.717) is 24.4 Å². The molecule has 0 bridgehead atoms. The summed E-state index contributed by atoms with van der Waals surface area (Å²) in [7, 11) is -3.46. The molecule has 1 aliphatic heterocycles. The maximum Gasteiger partial charge on any atom is 0.243 e. The molecule has 1 aliphatic rings. The average molecular weight is 343 g/mol. The summed E-state index contributed by atoms with van der Waals surface area (Å²) in [6, 6.07) is 6.65. The summed E-state index contributed by atoms with van der Waals surface area (Å²) in [5.74, 6) is 0.780. The van der Waals surface area contributed by atoms with Crippen LogP contribution in [0.15, 0.2) is 44.4 Å². The zero-order chi connectivity index (χ0) is 13.5. The fourth-order valence-corrected chi connectivity index (χ4v) is 3.76. The van der Waals surface area contributed by atoms with E-state index in [1.165, 1.54) is 4.31 Å². The highest BCUT2D eigenvalue weighted by Crippen LogP contribution is 2.25. The van der Waals surface area contributed by atoms with Gasteiger partial charge in [-0.1, -0.05) is 21.1 Å². The molecule has 0 aliphatic carbocycles. The van der Waals surface area contributed by atoms with Crippen LogP contribution in [0.1, 0.15) is 11.3 Å². The molecular formula is C12H11BrN2O3S. The van der Waals surface area contributed by atoms with E-state index in [9.17, 15) is 8.42 Å². The topological polar surface area (TPSA) is 63.4 Å². The van der Waals surface area contributed by atoms with Gasteiger partial charge in [0.15, 0.2) is 0 Å². The molecule has 3 rings (SSSR count). The molecule has 19 heavy (non-hydrogen) atoms. The highest BCUT2D eigenvalue weighted by atomic mass is 79.9. The number of sulfonamides is 1. The monoisotopic (exact) mass is 342 g/mol. The molecule has 0 fully saturated rings. The van der Waals surface area contributed by atoms with Crippen molar-refractivity contribution in [3.8, 4) is 0 Å². The number of benzene rings is 1. The fraction of sp³-hybridized carbons (Fsp3) is 0.250. The molecule has 2 heterocycles. The quantitative estimate of drug-likeness (QED) is 0.839. The van der Waals surface area contributed by atoms with Gasteiger partial charge in [-0.15, -0.1) is 0 Å². The first-order chi connectivity index (χ1) is 9.07. The lowest BCUT2D eigenvalue weighted by molar-refractivity contribution is 0.331. The van der Waals surface area contributed by atoms with Crippen molar-refractivity contribution in [2.24, 2.45) is 0 Å². The van der Waals surface area contributed by atoms with Gasteiger partial charge in [0.25, 0.3) is 0 Å². The van der Waals surface area contributed by atoms with Crippen molar-refractivity contribution in [3.05, 3.63) is 46.3 Å². The van der Waals surface area contributed by atoms with Crippen molar-refractivity contribution in [2.45, 2.75) is 17.9 Å². The Bertz CT molecular complexity index is 694. The van der Waals surface area contributed by atoms with E-state index in [2.05, 4.69) is 21.1 Å². The highest BCUT2D eigenvalue weighted by Gasteiger charge is 2.29. The smallest absolute Gasteiger partial charge is 0.243 e. The van der Waals surface area contributed by atoms with Gasteiger partial charge >= 0.3 is 0 Å². The molecule has 0 unspecified atom stereocenters. The van der Waals surface area contributed by atoms with Gasteiger partial charge in [-0.25, -0.2) is 8.42 Å². The van der Waals surface area contributed by atoms with Gasteiger partial charge in [0, 0.05) is 29.5 Å². The summed E-state index contributed by atoms with van der Waals surface area (Å²) in [6.07, 6.45) is 2.14. The lowest BCUT2D eigenvalue weighted by Gasteiger charge is -2.24. The predicted octanol–water partition coefficient (Wildman–Crippen LogP) is 2.18. The number of fused-ring (bicyclic) bond motifs is 1. The third kappa shape index (κ3) is 2.33. The zero-order valence-electron chi connectivity index (χ0n) is 9.91. The van der Waals surface area contributed by atoms with Crippen molar-refractivity contribution in [1.29, 1.82) is 0 Å². The number of rotatable bonds is 2. The Labute approximate surface area is 119 Å².